The summed E-state index contributed by atoms with van der Waals surface area (Å²) in [6.45, 7) is 0.353. The Hall–Kier alpha value is -3.38. The molecule has 1 heterocycles. The number of nitrogens with one attached hydrogen (secondary N) is 1. The monoisotopic (exact) mass is 500 g/mol. The summed E-state index contributed by atoms with van der Waals surface area (Å²) in [5.74, 6) is -6.59. The third kappa shape index (κ3) is 23.3. The van der Waals surface area contributed by atoms with Gasteiger partial charge in [-0.05, 0) is 25.8 Å². The molecule has 34 heavy (non-hydrogen) atoms. The lowest BCUT2D eigenvalue weighted by Crippen LogP contribution is -2.33. The van der Waals surface area contributed by atoms with Gasteiger partial charge in [-0.25, -0.2) is 0 Å². The highest BCUT2D eigenvalue weighted by Gasteiger charge is 2.20. The van der Waals surface area contributed by atoms with Crippen molar-refractivity contribution < 1.29 is 64.5 Å². The van der Waals surface area contributed by atoms with Crippen LogP contribution in [0.3, 0.4) is 0 Å². The van der Waals surface area contributed by atoms with Crippen LogP contribution in [0.4, 0.5) is 0 Å². The molecule has 4 atom stereocenters. The van der Waals surface area contributed by atoms with Crippen LogP contribution in [0.5, 0.6) is 0 Å². The lowest BCUT2D eigenvalue weighted by molar-refractivity contribution is -0.144. The molecular weight excluding hydrogens is 468 g/mol. The van der Waals surface area contributed by atoms with E-state index in [1.807, 2.05) is 0 Å². The fraction of sp³-hybridized carbons (Fsp3) is 0.647. The van der Waals surface area contributed by atoms with Crippen LogP contribution in [0, 0.1) is 0 Å². The highest BCUT2D eigenvalue weighted by Crippen LogP contribution is 2.03. The molecule has 0 aromatic heterocycles. The van der Waals surface area contributed by atoms with Crippen molar-refractivity contribution in [1.29, 1.82) is 0 Å². The van der Waals surface area contributed by atoms with Crippen molar-refractivity contribution in [3.8, 4) is 0 Å². The first-order chi connectivity index (χ1) is 15.6. The van der Waals surface area contributed by atoms with Gasteiger partial charge in [-0.15, -0.1) is 0 Å². The fourth-order valence-electron chi connectivity index (χ4n) is 1.65. The van der Waals surface area contributed by atoms with E-state index in [-0.39, 0.29) is 18.9 Å². The van der Waals surface area contributed by atoms with Gasteiger partial charge in [0.05, 0.1) is 13.0 Å². The third-order valence-corrected chi connectivity index (χ3v) is 3.57. The van der Waals surface area contributed by atoms with Gasteiger partial charge in [0.1, 0.15) is 24.2 Å². The zero-order valence-electron chi connectivity index (χ0n) is 18.1. The predicted octanol–water partition coefficient (Wildman–Crippen LogP) is -3.65. The van der Waals surface area contributed by atoms with E-state index >= 15 is 0 Å². The minimum absolute atomic E-state index is 0.0231. The normalized spacial score (nSPS) is 16.4. The number of carbonyl (C=O) groups is 6. The van der Waals surface area contributed by atoms with E-state index < -0.39 is 67.0 Å². The molecule has 0 aromatic rings. The molecule has 0 amide bonds. The van der Waals surface area contributed by atoms with Crippen LogP contribution < -0.4 is 22.5 Å². The summed E-state index contributed by atoms with van der Waals surface area (Å²) >= 11 is 0. The maximum Gasteiger partial charge on any atom is 0.322 e. The van der Waals surface area contributed by atoms with Crippen LogP contribution in [-0.4, -0.2) is 109 Å². The molecule has 198 valence electrons. The molecule has 0 unspecified atom stereocenters. The number of hydrogen-bond donors (Lipinski definition) is 11. The van der Waals surface area contributed by atoms with E-state index in [4.69, 9.17) is 52.9 Å². The largest absolute Gasteiger partial charge is 0.481 e. The molecule has 1 aliphatic rings. The summed E-state index contributed by atoms with van der Waals surface area (Å²) in [4.78, 5) is 59.3. The van der Waals surface area contributed by atoms with E-state index in [0.717, 1.165) is 19.4 Å². The Labute approximate surface area is 193 Å². The van der Waals surface area contributed by atoms with Gasteiger partial charge in [0.25, 0.3) is 0 Å². The van der Waals surface area contributed by atoms with E-state index in [1.54, 1.807) is 0 Å². The van der Waals surface area contributed by atoms with E-state index in [0.29, 0.717) is 0 Å². The summed E-state index contributed by atoms with van der Waals surface area (Å²) in [6.07, 6.45) is 1.03. The molecule has 17 heteroatoms. The summed E-state index contributed by atoms with van der Waals surface area (Å²) in [7, 11) is 0. The van der Waals surface area contributed by atoms with Gasteiger partial charge in [-0.2, -0.15) is 0 Å². The lowest BCUT2D eigenvalue weighted by Gasteiger charge is -2.01. The number of aliphatic carboxylic acids is 6. The van der Waals surface area contributed by atoms with E-state index in [9.17, 15) is 28.8 Å². The lowest BCUT2D eigenvalue weighted by atomic mass is 10.2. The Morgan fingerprint density at radius 1 is 0.765 bits per heavy atom. The van der Waals surface area contributed by atoms with Crippen LogP contribution in [0.2, 0.25) is 0 Å². The van der Waals surface area contributed by atoms with Crippen molar-refractivity contribution in [1.82, 2.24) is 5.32 Å². The van der Waals surface area contributed by atoms with Crippen LogP contribution >= 0.6 is 0 Å². The molecule has 1 aliphatic heterocycles. The summed E-state index contributed by atoms with van der Waals surface area (Å²) in [5, 5.41) is 59.4. The minimum atomic E-state index is -1.29. The van der Waals surface area contributed by atoms with Gasteiger partial charge < -0.3 is 58.3 Å². The number of aliphatic hydroxyl groups is 1. The van der Waals surface area contributed by atoms with Crippen molar-refractivity contribution >= 4 is 35.8 Å². The average molecular weight is 500 g/mol. The topological polar surface area (TPSA) is 334 Å². The summed E-state index contributed by atoms with van der Waals surface area (Å²) in [6, 6.07) is -3.74. The Morgan fingerprint density at radius 3 is 1.41 bits per heavy atom. The maximum absolute atomic E-state index is 10.1. The summed E-state index contributed by atoms with van der Waals surface area (Å²) < 4.78 is 0. The van der Waals surface area contributed by atoms with Gasteiger partial charge in [0.15, 0.2) is 0 Å². The second kappa shape index (κ2) is 20.2. The van der Waals surface area contributed by atoms with Gasteiger partial charge in [0.2, 0.25) is 0 Å². The quantitative estimate of drug-likeness (QED) is 0.138. The standard InChI is InChI=1S/C5H9NO4.C5H9NO2.C4H7NO4.C3H7NO3/c6-3(5(9)10)1-2-4(7)8;7-5(8)4-2-1-3-6-4;5-2(4(8)9)1-3(6)7;4-2(1-5)3(6)7/h3H,1-2,6H2,(H,7,8)(H,9,10);4,6H,1-3H2,(H,7,8);2H,1,5H2,(H,6,7)(H,8,9);2,5H,1,4H2,(H,6,7)/t3-;4-;2*2-/m0000/s1. The first kappa shape index (κ1) is 35.2. The molecule has 17 nitrogen and oxygen atoms in total. The van der Waals surface area contributed by atoms with Crippen molar-refractivity contribution in [2.45, 2.75) is 56.3 Å². The fourth-order valence-corrected chi connectivity index (χ4v) is 1.65. The van der Waals surface area contributed by atoms with Gasteiger partial charge >= 0.3 is 35.8 Å². The smallest absolute Gasteiger partial charge is 0.322 e. The Bertz CT molecular complexity index is 668. The van der Waals surface area contributed by atoms with Crippen molar-refractivity contribution in [3.05, 3.63) is 0 Å². The Balaban J connectivity index is -0.000000380. The molecule has 1 fully saturated rings. The SMILES string of the molecule is N[C@@H](CC(=O)O)C(=O)O.N[C@@H](CCC(=O)O)C(=O)O.N[C@@H](CO)C(=O)O.O=C(O)[C@@H]1CCCN1. The van der Waals surface area contributed by atoms with Gasteiger partial charge in [-0.3, -0.25) is 28.8 Å². The van der Waals surface area contributed by atoms with Crippen molar-refractivity contribution in [3.63, 3.8) is 0 Å². The molecular formula is C17H32N4O13. The minimum Gasteiger partial charge on any atom is -0.481 e. The Morgan fingerprint density at radius 2 is 1.24 bits per heavy atom. The zero-order chi connectivity index (χ0) is 27.4. The van der Waals surface area contributed by atoms with Crippen LogP contribution in [-0.2, 0) is 28.8 Å². The molecule has 0 bridgehead atoms. The van der Waals surface area contributed by atoms with Crippen molar-refractivity contribution in [2.24, 2.45) is 17.2 Å². The van der Waals surface area contributed by atoms with E-state index in [1.165, 1.54) is 0 Å². The highest BCUT2D eigenvalue weighted by atomic mass is 16.4. The Kier molecular flexibility index (Phi) is 21.0. The van der Waals surface area contributed by atoms with Gasteiger partial charge in [0, 0.05) is 6.42 Å². The van der Waals surface area contributed by atoms with E-state index in [2.05, 4.69) is 5.32 Å². The molecule has 0 spiro atoms. The second-order valence-electron chi connectivity index (χ2n) is 6.53. The van der Waals surface area contributed by atoms with Crippen LogP contribution in [0.1, 0.15) is 32.1 Å². The molecule has 0 aromatic carbocycles. The molecule has 1 rings (SSSR count). The zero-order valence-corrected chi connectivity index (χ0v) is 18.1. The van der Waals surface area contributed by atoms with Crippen LogP contribution in [0.25, 0.3) is 0 Å². The highest BCUT2D eigenvalue weighted by molar-refractivity contribution is 5.80. The second-order valence-corrected chi connectivity index (χ2v) is 6.53. The molecule has 0 saturated carbocycles. The van der Waals surface area contributed by atoms with Crippen molar-refractivity contribution in [2.75, 3.05) is 13.2 Å². The molecule has 0 radical (unpaired) electrons. The molecule has 0 aliphatic carbocycles. The number of carboxylic acid groups (broad SMARTS) is 6. The average Bonchev–Trinajstić information content (AvgIpc) is 3.27. The third-order valence-electron chi connectivity index (χ3n) is 3.57. The first-order valence-corrected chi connectivity index (χ1v) is 9.52. The maximum atomic E-state index is 10.1. The number of nitrogens with two attached hydrogens (primary N) is 3. The number of rotatable bonds is 10. The number of carboxylic acids is 6. The van der Waals surface area contributed by atoms with Gasteiger partial charge in [-0.1, -0.05) is 0 Å². The first-order valence-electron chi connectivity index (χ1n) is 9.52. The predicted molar refractivity (Wildman–Crippen MR) is 112 cm³/mol. The van der Waals surface area contributed by atoms with Crippen LogP contribution in [0.15, 0.2) is 0 Å². The number of hydrogen-bond acceptors (Lipinski definition) is 11. The summed E-state index contributed by atoms with van der Waals surface area (Å²) in [5.41, 5.74) is 14.6. The molecule has 14 N–H and O–H groups in total. The number of aliphatic hydroxyl groups excluding tert-OH is 1. The molecule has 1 saturated heterocycles.